The lowest BCUT2D eigenvalue weighted by molar-refractivity contribution is 0.100. The second-order valence-corrected chi connectivity index (χ2v) is 7.17. The van der Waals surface area contributed by atoms with Gasteiger partial charge in [0.15, 0.2) is 0 Å². The van der Waals surface area contributed by atoms with Crippen molar-refractivity contribution >= 4 is 23.4 Å². The van der Waals surface area contributed by atoms with Crippen LogP contribution in [0, 0.1) is 12.3 Å². The average molecular weight is 342 g/mol. The third kappa shape index (κ3) is 5.15. The quantitative estimate of drug-likeness (QED) is 0.640. The topological polar surface area (TPSA) is 119 Å². The summed E-state index contributed by atoms with van der Waals surface area (Å²) in [4.78, 5) is 20.2. The lowest BCUT2D eigenvalue weighted by Crippen LogP contribution is -2.41. The number of nitrogens with zero attached hydrogens (tertiary/aromatic N) is 2. The van der Waals surface area contributed by atoms with E-state index in [9.17, 15) is 4.79 Å². The monoisotopic (exact) mass is 342 g/mol. The van der Waals surface area contributed by atoms with Crippen molar-refractivity contribution in [1.29, 1.82) is 0 Å². The number of carbonyl (C=O) groups excluding carboxylic acids is 1. The zero-order chi connectivity index (χ0) is 18.6. The Bertz CT molecular complexity index is 753. The molecule has 0 aliphatic heterocycles. The molecule has 25 heavy (non-hydrogen) atoms. The van der Waals surface area contributed by atoms with E-state index in [1.54, 1.807) is 0 Å². The first-order valence-corrected chi connectivity index (χ1v) is 8.17. The van der Waals surface area contributed by atoms with Crippen LogP contribution < -0.4 is 22.1 Å². The lowest BCUT2D eigenvalue weighted by atomic mass is 9.87. The van der Waals surface area contributed by atoms with E-state index in [1.165, 1.54) is 6.20 Å². The summed E-state index contributed by atoms with van der Waals surface area (Å²) >= 11 is 0. The van der Waals surface area contributed by atoms with Crippen LogP contribution in [0.4, 0.5) is 17.5 Å². The number of nitrogens with two attached hydrogens (primary N) is 2. The number of aryl methyl sites for hydroxylation is 1. The molecule has 0 saturated carbocycles. The highest BCUT2D eigenvalue weighted by Gasteiger charge is 2.21. The van der Waals surface area contributed by atoms with Gasteiger partial charge in [0, 0.05) is 24.5 Å². The number of amides is 1. The van der Waals surface area contributed by atoms with Crippen LogP contribution in [0.1, 0.15) is 36.7 Å². The fourth-order valence-corrected chi connectivity index (χ4v) is 2.11. The van der Waals surface area contributed by atoms with Gasteiger partial charge in [0.1, 0.15) is 11.4 Å². The summed E-state index contributed by atoms with van der Waals surface area (Å²) in [6, 6.07) is 7.68. The number of carbonyl (C=O) groups is 1. The molecule has 1 aromatic heterocycles. The number of nitrogens with one attached hydrogen (secondary N) is 2. The van der Waals surface area contributed by atoms with Gasteiger partial charge in [-0.1, -0.05) is 32.9 Å². The van der Waals surface area contributed by atoms with Crippen LogP contribution in [-0.4, -0.2) is 28.5 Å². The molecule has 1 atom stereocenters. The van der Waals surface area contributed by atoms with Crippen LogP contribution in [0.3, 0.4) is 0 Å². The molecule has 0 fully saturated rings. The van der Waals surface area contributed by atoms with E-state index in [2.05, 4.69) is 41.4 Å². The summed E-state index contributed by atoms with van der Waals surface area (Å²) in [5.74, 6) is 0.160. The predicted molar refractivity (Wildman–Crippen MR) is 101 cm³/mol. The molecule has 2 rings (SSSR count). The molecule has 7 heteroatoms. The first kappa shape index (κ1) is 18.7. The Balaban J connectivity index is 2.23. The molecule has 0 bridgehead atoms. The van der Waals surface area contributed by atoms with Gasteiger partial charge in [-0.15, -0.1) is 0 Å². The number of rotatable bonds is 6. The molecule has 1 heterocycles. The van der Waals surface area contributed by atoms with Crippen molar-refractivity contribution in [3.63, 3.8) is 0 Å². The maximum absolute atomic E-state index is 11.6. The van der Waals surface area contributed by atoms with E-state index in [4.69, 9.17) is 11.5 Å². The Morgan fingerprint density at radius 3 is 2.64 bits per heavy atom. The molecular formula is C18H26N6O. The van der Waals surface area contributed by atoms with Crippen molar-refractivity contribution in [3.05, 3.63) is 41.6 Å². The van der Waals surface area contributed by atoms with E-state index in [0.717, 1.165) is 11.3 Å². The fraction of sp³-hybridized carbons (Fsp3) is 0.389. The Kier molecular flexibility index (Phi) is 5.58. The first-order chi connectivity index (χ1) is 11.7. The SMILES string of the molecule is Cc1cccc(Nc2nc(NCC(N)C(C)(C)C)ncc2C(N)=O)c1. The molecule has 6 N–H and O–H groups in total. The Morgan fingerprint density at radius 2 is 2.04 bits per heavy atom. The van der Waals surface area contributed by atoms with Gasteiger partial charge in [-0.3, -0.25) is 4.79 Å². The van der Waals surface area contributed by atoms with Crippen molar-refractivity contribution in [2.45, 2.75) is 33.7 Å². The fourth-order valence-electron chi connectivity index (χ4n) is 2.11. The summed E-state index contributed by atoms with van der Waals surface area (Å²) in [6.45, 7) is 8.72. The largest absolute Gasteiger partial charge is 0.365 e. The first-order valence-electron chi connectivity index (χ1n) is 8.17. The molecule has 0 saturated heterocycles. The third-order valence-corrected chi connectivity index (χ3v) is 3.93. The van der Waals surface area contributed by atoms with Gasteiger partial charge < -0.3 is 22.1 Å². The van der Waals surface area contributed by atoms with Gasteiger partial charge in [0.05, 0.1) is 0 Å². The van der Waals surface area contributed by atoms with Crippen molar-refractivity contribution in [1.82, 2.24) is 9.97 Å². The van der Waals surface area contributed by atoms with Crippen LogP contribution in [0.2, 0.25) is 0 Å². The molecule has 0 spiro atoms. The summed E-state index contributed by atoms with van der Waals surface area (Å²) in [5.41, 5.74) is 13.7. The van der Waals surface area contributed by atoms with Crippen molar-refractivity contribution in [2.75, 3.05) is 17.2 Å². The molecule has 1 unspecified atom stereocenters. The van der Waals surface area contributed by atoms with Gasteiger partial charge in [-0.2, -0.15) is 4.98 Å². The highest BCUT2D eigenvalue weighted by Crippen LogP contribution is 2.21. The number of hydrogen-bond donors (Lipinski definition) is 4. The highest BCUT2D eigenvalue weighted by atomic mass is 16.1. The minimum Gasteiger partial charge on any atom is -0.365 e. The van der Waals surface area contributed by atoms with Gasteiger partial charge in [0.25, 0.3) is 5.91 Å². The molecule has 2 aromatic rings. The Morgan fingerprint density at radius 1 is 1.32 bits per heavy atom. The van der Waals surface area contributed by atoms with Gasteiger partial charge in [0.2, 0.25) is 5.95 Å². The van der Waals surface area contributed by atoms with E-state index in [0.29, 0.717) is 18.3 Å². The summed E-state index contributed by atoms with van der Waals surface area (Å²) in [5, 5.41) is 6.25. The van der Waals surface area contributed by atoms with Gasteiger partial charge in [-0.25, -0.2) is 4.98 Å². The number of hydrogen-bond acceptors (Lipinski definition) is 6. The normalized spacial score (nSPS) is 12.5. The summed E-state index contributed by atoms with van der Waals surface area (Å²) in [7, 11) is 0. The highest BCUT2D eigenvalue weighted by molar-refractivity contribution is 5.98. The predicted octanol–water partition coefficient (Wildman–Crippen LogP) is 2.41. The van der Waals surface area contributed by atoms with Gasteiger partial charge in [-0.05, 0) is 30.0 Å². The molecule has 1 amide bonds. The zero-order valence-electron chi connectivity index (χ0n) is 15.1. The van der Waals surface area contributed by atoms with E-state index >= 15 is 0 Å². The Hall–Kier alpha value is -2.67. The van der Waals surface area contributed by atoms with Crippen LogP contribution in [-0.2, 0) is 0 Å². The smallest absolute Gasteiger partial charge is 0.254 e. The molecule has 0 radical (unpaired) electrons. The molecule has 134 valence electrons. The molecule has 0 aliphatic carbocycles. The van der Waals surface area contributed by atoms with E-state index in [1.807, 2.05) is 31.2 Å². The lowest BCUT2D eigenvalue weighted by Gasteiger charge is -2.27. The maximum atomic E-state index is 11.6. The second-order valence-electron chi connectivity index (χ2n) is 7.17. The maximum Gasteiger partial charge on any atom is 0.254 e. The van der Waals surface area contributed by atoms with Crippen LogP contribution >= 0.6 is 0 Å². The molecular weight excluding hydrogens is 316 g/mol. The average Bonchev–Trinajstić information content (AvgIpc) is 2.51. The number of benzene rings is 1. The van der Waals surface area contributed by atoms with Crippen LogP contribution in [0.15, 0.2) is 30.5 Å². The minimum absolute atomic E-state index is 0.0389. The van der Waals surface area contributed by atoms with Crippen LogP contribution in [0.25, 0.3) is 0 Å². The number of anilines is 3. The van der Waals surface area contributed by atoms with Gasteiger partial charge >= 0.3 is 0 Å². The van der Waals surface area contributed by atoms with Crippen molar-refractivity contribution in [2.24, 2.45) is 16.9 Å². The standard InChI is InChI=1S/C18H26N6O/c1-11-6-5-7-12(8-11)23-16-13(15(20)25)9-21-17(24-16)22-10-14(19)18(2,3)4/h5-9,14H,10,19H2,1-4H3,(H2,20,25)(H2,21,22,23,24). The minimum atomic E-state index is -0.590. The van der Waals surface area contributed by atoms with E-state index in [-0.39, 0.29) is 17.0 Å². The molecule has 0 aliphatic rings. The van der Waals surface area contributed by atoms with Crippen molar-refractivity contribution < 1.29 is 4.79 Å². The summed E-state index contributed by atoms with van der Waals surface area (Å²) < 4.78 is 0. The Labute approximate surface area is 148 Å². The third-order valence-electron chi connectivity index (χ3n) is 3.93. The second kappa shape index (κ2) is 7.48. The van der Waals surface area contributed by atoms with Crippen LogP contribution in [0.5, 0.6) is 0 Å². The number of primary amides is 1. The molecule has 1 aromatic carbocycles. The molecule has 7 nitrogen and oxygen atoms in total. The summed E-state index contributed by atoms with van der Waals surface area (Å²) in [6.07, 6.45) is 1.42. The van der Waals surface area contributed by atoms with E-state index < -0.39 is 5.91 Å². The zero-order valence-corrected chi connectivity index (χ0v) is 15.1. The number of aromatic nitrogens is 2. The van der Waals surface area contributed by atoms with Crippen molar-refractivity contribution in [3.8, 4) is 0 Å².